The molecule has 0 saturated heterocycles. The van der Waals surface area contributed by atoms with E-state index in [0.717, 1.165) is 0 Å². The van der Waals surface area contributed by atoms with Crippen LogP contribution in [-0.2, 0) is 14.3 Å². The van der Waals surface area contributed by atoms with E-state index in [1.165, 1.54) is 0 Å². The summed E-state index contributed by atoms with van der Waals surface area (Å²) in [7, 11) is 0. The van der Waals surface area contributed by atoms with Gasteiger partial charge in [0.25, 0.3) is 0 Å². The summed E-state index contributed by atoms with van der Waals surface area (Å²) >= 11 is 0. The van der Waals surface area contributed by atoms with Gasteiger partial charge in [-0.3, -0.25) is 9.59 Å². The van der Waals surface area contributed by atoms with Crippen LogP contribution in [0.4, 0.5) is 0 Å². The van der Waals surface area contributed by atoms with E-state index < -0.39 is 18.0 Å². The van der Waals surface area contributed by atoms with E-state index in [1.54, 1.807) is 31.2 Å². The highest BCUT2D eigenvalue weighted by Crippen LogP contribution is 2.27. The van der Waals surface area contributed by atoms with Crippen molar-refractivity contribution in [3.8, 4) is 23.8 Å². The Morgan fingerprint density at radius 3 is 2.30 bits per heavy atom. The topological polar surface area (TPSA) is 61.8 Å². The molecule has 5 heteroatoms. The summed E-state index contributed by atoms with van der Waals surface area (Å²) < 4.78 is 15.8. The number of carbonyl (C=O) groups excluding carboxylic acids is 2. The third kappa shape index (κ3) is 7.37. The van der Waals surface area contributed by atoms with Gasteiger partial charge < -0.3 is 14.2 Å². The molecule has 0 spiro atoms. The minimum atomic E-state index is -0.561. The van der Waals surface area contributed by atoms with E-state index in [4.69, 9.17) is 20.6 Å². The van der Waals surface area contributed by atoms with Crippen LogP contribution in [0.2, 0.25) is 0 Å². The largest absolute Gasteiger partial charge is 0.487 e. The smallest absolute Gasteiger partial charge is 0.311 e. The maximum absolute atomic E-state index is 11.8. The first-order valence-electron chi connectivity index (χ1n) is 7.54. The average molecular weight is 318 g/mol. The van der Waals surface area contributed by atoms with Gasteiger partial charge in [0.15, 0.2) is 17.6 Å². The normalized spacial score (nSPS) is 11.4. The van der Waals surface area contributed by atoms with Crippen molar-refractivity contribution in [2.24, 2.45) is 0 Å². The van der Waals surface area contributed by atoms with E-state index in [2.05, 4.69) is 5.92 Å². The third-order valence-electron chi connectivity index (χ3n) is 2.74. The zero-order valence-electron chi connectivity index (χ0n) is 13.7. The van der Waals surface area contributed by atoms with Crippen LogP contribution in [0.5, 0.6) is 11.5 Å². The zero-order valence-corrected chi connectivity index (χ0v) is 13.7. The Kier molecular flexibility index (Phi) is 7.69. The van der Waals surface area contributed by atoms with E-state index in [-0.39, 0.29) is 18.9 Å². The molecule has 1 unspecified atom stereocenters. The molecule has 0 bridgehead atoms. The second kappa shape index (κ2) is 9.52. The molecule has 1 atom stereocenters. The Bertz CT molecular complexity index is 571. The fourth-order valence-corrected chi connectivity index (χ4v) is 1.73. The maximum atomic E-state index is 11.8. The molecule has 124 valence electrons. The third-order valence-corrected chi connectivity index (χ3v) is 2.74. The molecule has 0 fully saturated rings. The van der Waals surface area contributed by atoms with Crippen molar-refractivity contribution in [3.63, 3.8) is 0 Å². The Hall–Kier alpha value is -2.48. The predicted octanol–water partition coefficient (Wildman–Crippen LogP) is 3.11. The first-order chi connectivity index (χ1) is 10.9. The first kappa shape index (κ1) is 18.6. The van der Waals surface area contributed by atoms with Crippen LogP contribution in [0.3, 0.4) is 0 Å². The van der Waals surface area contributed by atoms with Crippen LogP contribution in [0.1, 0.15) is 40.0 Å². The number of ether oxygens (including phenoxy) is 3. The highest BCUT2D eigenvalue weighted by Gasteiger charge is 2.13. The minimum absolute atomic E-state index is 0.0252. The fraction of sp³-hybridized carbons (Fsp3) is 0.444. The molecule has 0 aromatic heterocycles. The van der Waals surface area contributed by atoms with Crippen LogP contribution in [0.15, 0.2) is 24.3 Å². The number of para-hydroxylation sites is 2. The van der Waals surface area contributed by atoms with Gasteiger partial charge >= 0.3 is 11.9 Å². The SMILES string of the molecule is C#CC(C)OC(=O)CCCC(=O)Oc1ccccc1OC(C)C. The molecule has 5 nitrogen and oxygen atoms in total. The van der Waals surface area contributed by atoms with Crippen molar-refractivity contribution >= 4 is 11.9 Å². The Balaban J connectivity index is 2.43. The molecule has 0 N–H and O–H groups in total. The van der Waals surface area contributed by atoms with Gasteiger partial charge in [-0.1, -0.05) is 18.1 Å². The monoisotopic (exact) mass is 318 g/mol. The summed E-state index contributed by atoms with van der Waals surface area (Å²) in [5.74, 6) is 2.33. The molecule has 0 radical (unpaired) electrons. The number of rotatable bonds is 8. The molecule has 0 aliphatic rings. The van der Waals surface area contributed by atoms with Gasteiger partial charge in [0.2, 0.25) is 0 Å². The van der Waals surface area contributed by atoms with Crippen molar-refractivity contribution in [1.29, 1.82) is 0 Å². The van der Waals surface area contributed by atoms with E-state index in [9.17, 15) is 9.59 Å². The maximum Gasteiger partial charge on any atom is 0.311 e. The van der Waals surface area contributed by atoms with Crippen LogP contribution >= 0.6 is 0 Å². The quantitative estimate of drug-likeness (QED) is 0.419. The van der Waals surface area contributed by atoms with Crippen LogP contribution in [-0.4, -0.2) is 24.1 Å². The summed E-state index contributed by atoms with van der Waals surface area (Å²) in [5, 5.41) is 0. The average Bonchev–Trinajstić information content (AvgIpc) is 2.48. The van der Waals surface area contributed by atoms with Gasteiger partial charge in [0, 0.05) is 12.8 Å². The lowest BCUT2D eigenvalue weighted by Gasteiger charge is -2.13. The fourth-order valence-electron chi connectivity index (χ4n) is 1.73. The van der Waals surface area contributed by atoms with Gasteiger partial charge in [-0.05, 0) is 39.3 Å². The molecular formula is C18H22O5. The Morgan fingerprint density at radius 2 is 1.70 bits per heavy atom. The minimum Gasteiger partial charge on any atom is -0.487 e. The van der Waals surface area contributed by atoms with Crippen LogP contribution in [0, 0.1) is 12.3 Å². The molecular weight excluding hydrogens is 296 g/mol. The van der Waals surface area contributed by atoms with Gasteiger partial charge in [-0.15, -0.1) is 6.42 Å². The lowest BCUT2D eigenvalue weighted by molar-refractivity contribution is -0.146. The summed E-state index contributed by atoms with van der Waals surface area (Å²) in [6.07, 6.45) is 5.09. The van der Waals surface area contributed by atoms with E-state index in [0.29, 0.717) is 17.9 Å². The van der Waals surface area contributed by atoms with Crippen molar-refractivity contribution in [2.75, 3.05) is 0 Å². The van der Waals surface area contributed by atoms with Gasteiger partial charge in [-0.25, -0.2) is 0 Å². The molecule has 1 aromatic carbocycles. The second-order valence-electron chi connectivity index (χ2n) is 5.24. The lowest BCUT2D eigenvalue weighted by atomic mass is 10.2. The summed E-state index contributed by atoms with van der Waals surface area (Å²) in [6.45, 7) is 5.39. The molecule has 23 heavy (non-hydrogen) atoms. The van der Waals surface area contributed by atoms with Gasteiger partial charge in [0.05, 0.1) is 6.10 Å². The number of terminal acetylenes is 1. The second-order valence-corrected chi connectivity index (χ2v) is 5.24. The predicted molar refractivity (Wildman–Crippen MR) is 86.1 cm³/mol. The summed E-state index contributed by atoms with van der Waals surface area (Å²) in [4.78, 5) is 23.3. The van der Waals surface area contributed by atoms with Gasteiger partial charge in [-0.2, -0.15) is 0 Å². The van der Waals surface area contributed by atoms with Crippen molar-refractivity contribution in [3.05, 3.63) is 24.3 Å². The number of hydrogen-bond acceptors (Lipinski definition) is 5. The van der Waals surface area contributed by atoms with Crippen molar-refractivity contribution in [2.45, 2.75) is 52.2 Å². The highest BCUT2D eigenvalue weighted by atomic mass is 16.6. The summed E-state index contributed by atoms with van der Waals surface area (Å²) in [6, 6.07) is 6.96. The molecule has 0 heterocycles. The zero-order chi connectivity index (χ0) is 17.2. The van der Waals surface area contributed by atoms with Crippen LogP contribution < -0.4 is 9.47 Å². The molecule has 0 saturated carbocycles. The molecule has 0 aliphatic heterocycles. The number of esters is 2. The number of hydrogen-bond donors (Lipinski definition) is 0. The van der Waals surface area contributed by atoms with Crippen molar-refractivity contribution in [1.82, 2.24) is 0 Å². The Labute approximate surface area is 136 Å². The number of carbonyl (C=O) groups is 2. The molecule has 0 aliphatic carbocycles. The lowest BCUT2D eigenvalue weighted by Crippen LogP contribution is -2.14. The molecule has 1 rings (SSSR count). The van der Waals surface area contributed by atoms with E-state index >= 15 is 0 Å². The summed E-state index contributed by atoms with van der Waals surface area (Å²) in [5.41, 5.74) is 0. The van der Waals surface area contributed by atoms with Gasteiger partial charge in [0.1, 0.15) is 0 Å². The molecule has 0 amide bonds. The molecule has 1 aromatic rings. The first-order valence-corrected chi connectivity index (χ1v) is 7.54. The number of benzene rings is 1. The highest BCUT2D eigenvalue weighted by molar-refractivity contribution is 5.75. The van der Waals surface area contributed by atoms with E-state index in [1.807, 2.05) is 13.8 Å². The van der Waals surface area contributed by atoms with Crippen LogP contribution in [0.25, 0.3) is 0 Å². The van der Waals surface area contributed by atoms with Crippen molar-refractivity contribution < 1.29 is 23.8 Å². The standard InChI is InChI=1S/C18H22O5/c1-5-14(4)22-17(19)11-8-12-18(20)23-16-10-7-6-9-15(16)21-13(2)3/h1,6-7,9-10,13-14H,8,11-12H2,2-4H3. The Morgan fingerprint density at radius 1 is 1.09 bits per heavy atom.